The van der Waals surface area contributed by atoms with E-state index >= 15 is 0 Å². The maximum Gasteiger partial charge on any atom is 0.263 e. The lowest BCUT2D eigenvalue weighted by molar-refractivity contribution is -0.117. The van der Waals surface area contributed by atoms with Crippen LogP contribution in [0.5, 0.6) is 5.75 Å². The van der Waals surface area contributed by atoms with Gasteiger partial charge in [0.25, 0.3) is 5.91 Å². The monoisotopic (exact) mass is 273 g/mol. The zero-order chi connectivity index (χ0) is 15.0. The quantitative estimate of drug-likeness (QED) is 0.611. The smallest absolute Gasteiger partial charge is 0.263 e. The molecule has 0 heterocycles. The summed E-state index contributed by atoms with van der Waals surface area (Å²) in [7, 11) is 1.61. The Labute approximate surface area is 119 Å². The minimum Gasteiger partial charge on any atom is -0.497 e. The molecule has 5 nitrogen and oxygen atoms in total. The molecular weight excluding hydrogens is 254 g/mol. The van der Waals surface area contributed by atoms with Crippen molar-refractivity contribution in [2.45, 2.75) is 26.4 Å². The van der Waals surface area contributed by atoms with Gasteiger partial charge in [0.05, 0.1) is 7.11 Å². The van der Waals surface area contributed by atoms with E-state index in [9.17, 15) is 4.79 Å². The van der Waals surface area contributed by atoms with Crippen molar-refractivity contribution in [2.75, 3.05) is 7.11 Å². The Morgan fingerprint density at radius 3 is 2.55 bits per heavy atom. The third-order valence-electron chi connectivity index (χ3n) is 2.50. The minimum absolute atomic E-state index is 0.000776. The summed E-state index contributed by atoms with van der Waals surface area (Å²) < 4.78 is 5.07. The number of hydrogen-bond acceptors (Lipinski definition) is 4. The third kappa shape index (κ3) is 5.02. The standard InChI is InChI=1S/C15H19N3O2/c1-11(2)18-15(19)13(8-16)10-17-9-12-4-6-14(20-3)7-5-12/h4-7,10-11,17H,9H2,1-3H3,(H,18,19)/b13-10-. The van der Waals surface area contributed by atoms with Crippen LogP contribution < -0.4 is 15.4 Å². The highest BCUT2D eigenvalue weighted by atomic mass is 16.5. The second kappa shape index (κ2) is 7.85. The van der Waals surface area contributed by atoms with E-state index in [-0.39, 0.29) is 17.5 Å². The number of nitrogens with zero attached hydrogens (tertiary/aromatic N) is 1. The van der Waals surface area contributed by atoms with Crippen LogP contribution in [0.15, 0.2) is 36.0 Å². The molecule has 0 aliphatic heterocycles. The molecule has 106 valence electrons. The Balaban J connectivity index is 2.56. The van der Waals surface area contributed by atoms with Crippen LogP contribution in [-0.2, 0) is 11.3 Å². The van der Waals surface area contributed by atoms with E-state index in [1.165, 1.54) is 6.20 Å². The highest BCUT2D eigenvalue weighted by Crippen LogP contribution is 2.10. The molecular formula is C15H19N3O2. The van der Waals surface area contributed by atoms with E-state index in [2.05, 4.69) is 10.6 Å². The summed E-state index contributed by atoms with van der Waals surface area (Å²) in [5.41, 5.74) is 1.09. The summed E-state index contributed by atoms with van der Waals surface area (Å²) >= 11 is 0. The van der Waals surface area contributed by atoms with Crippen LogP contribution in [0, 0.1) is 11.3 Å². The summed E-state index contributed by atoms with van der Waals surface area (Å²) in [6, 6.07) is 9.43. The third-order valence-corrected chi connectivity index (χ3v) is 2.50. The molecule has 1 aromatic carbocycles. The molecule has 1 aromatic rings. The molecule has 0 saturated carbocycles. The number of carbonyl (C=O) groups is 1. The Hall–Kier alpha value is -2.48. The number of nitrogens with one attached hydrogen (secondary N) is 2. The van der Waals surface area contributed by atoms with Gasteiger partial charge in [-0.05, 0) is 31.5 Å². The summed E-state index contributed by atoms with van der Waals surface area (Å²) in [6.07, 6.45) is 1.43. The number of carbonyl (C=O) groups excluding carboxylic acids is 1. The van der Waals surface area contributed by atoms with Crippen molar-refractivity contribution in [3.8, 4) is 11.8 Å². The first-order valence-electron chi connectivity index (χ1n) is 6.34. The topological polar surface area (TPSA) is 74.1 Å². The predicted octanol–water partition coefficient (Wildman–Crippen LogP) is 1.72. The maximum atomic E-state index is 11.7. The van der Waals surface area contributed by atoms with Gasteiger partial charge < -0.3 is 15.4 Å². The van der Waals surface area contributed by atoms with Gasteiger partial charge in [0.2, 0.25) is 0 Å². The molecule has 1 rings (SSSR count). The molecule has 0 spiro atoms. The zero-order valence-corrected chi connectivity index (χ0v) is 11.9. The van der Waals surface area contributed by atoms with E-state index in [4.69, 9.17) is 10.00 Å². The van der Waals surface area contributed by atoms with E-state index < -0.39 is 0 Å². The Kier molecular flexibility index (Phi) is 6.11. The van der Waals surface area contributed by atoms with Gasteiger partial charge in [-0.15, -0.1) is 0 Å². The molecule has 0 radical (unpaired) electrons. The fourth-order valence-corrected chi connectivity index (χ4v) is 1.50. The number of amides is 1. The molecule has 0 saturated heterocycles. The number of nitriles is 1. The highest BCUT2D eigenvalue weighted by Gasteiger charge is 2.09. The molecule has 0 aliphatic carbocycles. The summed E-state index contributed by atoms with van der Waals surface area (Å²) in [4.78, 5) is 11.7. The normalized spacial score (nSPS) is 10.8. The Morgan fingerprint density at radius 1 is 1.40 bits per heavy atom. The molecule has 1 amide bonds. The van der Waals surface area contributed by atoms with Crippen LogP contribution in [0.4, 0.5) is 0 Å². The van der Waals surface area contributed by atoms with Crippen LogP contribution in [0.3, 0.4) is 0 Å². The first-order valence-corrected chi connectivity index (χ1v) is 6.34. The number of benzene rings is 1. The number of hydrogen-bond donors (Lipinski definition) is 2. The zero-order valence-electron chi connectivity index (χ0n) is 11.9. The van der Waals surface area contributed by atoms with Gasteiger partial charge >= 0.3 is 0 Å². The van der Waals surface area contributed by atoms with Gasteiger partial charge in [-0.1, -0.05) is 12.1 Å². The molecule has 20 heavy (non-hydrogen) atoms. The van der Waals surface area contributed by atoms with Crippen molar-refractivity contribution in [2.24, 2.45) is 0 Å². The van der Waals surface area contributed by atoms with Gasteiger partial charge in [0.1, 0.15) is 17.4 Å². The average Bonchev–Trinajstić information content (AvgIpc) is 2.43. The van der Waals surface area contributed by atoms with Gasteiger partial charge in [-0.3, -0.25) is 4.79 Å². The summed E-state index contributed by atoms with van der Waals surface area (Å²) in [5.74, 6) is 0.419. The van der Waals surface area contributed by atoms with Crippen LogP contribution in [0.1, 0.15) is 19.4 Å². The molecule has 0 atom stereocenters. The van der Waals surface area contributed by atoms with E-state index in [0.29, 0.717) is 6.54 Å². The van der Waals surface area contributed by atoms with Crippen molar-refractivity contribution < 1.29 is 9.53 Å². The average molecular weight is 273 g/mol. The number of ether oxygens (including phenoxy) is 1. The minimum atomic E-state index is -0.371. The van der Waals surface area contributed by atoms with Crippen LogP contribution >= 0.6 is 0 Å². The maximum absolute atomic E-state index is 11.7. The lowest BCUT2D eigenvalue weighted by Crippen LogP contribution is -2.31. The van der Waals surface area contributed by atoms with Gasteiger partial charge in [-0.2, -0.15) is 5.26 Å². The molecule has 0 bridgehead atoms. The molecule has 0 aliphatic rings. The lowest BCUT2D eigenvalue weighted by Gasteiger charge is -2.07. The van der Waals surface area contributed by atoms with E-state index in [1.54, 1.807) is 7.11 Å². The van der Waals surface area contributed by atoms with Crippen molar-refractivity contribution >= 4 is 5.91 Å². The van der Waals surface area contributed by atoms with Crippen molar-refractivity contribution in [3.63, 3.8) is 0 Å². The Bertz CT molecular complexity index is 513. The van der Waals surface area contributed by atoms with E-state index in [0.717, 1.165) is 11.3 Å². The Morgan fingerprint density at radius 2 is 2.05 bits per heavy atom. The van der Waals surface area contributed by atoms with Crippen LogP contribution in [0.25, 0.3) is 0 Å². The second-order valence-corrected chi connectivity index (χ2v) is 4.53. The highest BCUT2D eigenvalue weighted by molar-refractivity contribution is 5.97. The number of methoxy groups -OCH3 is 1. The van der Waals surface area contributed by atoms with Gasteiger partial charge in [0, 0.05) is 18.8 Å². The summed E-state index contributed by atoms with van der Waals surface area (Å²) in [6.45, 7) is 4.22. The first kappa shape index (κ1) is 15.6. The van der Waals surface area contributed by atoms with Crippen LogP contribution in [-0.4, -0.2) is 19.1 Å². The fourth-order valence-electron chi connectivity index (χ4n) is 1.50. The SMILES string of the molecule is COc1ccc(CN/C=C(/C#N)C(=O)NC(C)C)cc1. The van der Waals surface area contributed by atoms with Crippen molar-refractivity contribution in [3.05, 3.63) is 41.6 Å². The molecule has 5 heteroatoms. The largest absolute Gasteiger partial charge is 0.497 e. The predicted molar refractivity (Wildman–Crippen MR) is 76.8 cm³/mol. The van der Waals surface area contributed by atoms with E-state index in [1.807, 2.05) is 44.2 Å². The van der Waals surface area contributed by atoms with Crippen LogP contribution in [0.2, 0.25) is 0 Å². The first-order chi connectivity index (χ1) is 9.56. The second-order valence-electron chi connectivity index (χ2n) is 4.53. The summed E-state index contributed by atoms with van der Waals surface area (Å²) in [5, 5.41) is 14.6. The fraction of sp³-hybridized carbons (Fsp3) is 0.333. The molecule has 2 N–H and O–H groups in total. The molecule has 0 unspecified atom stereocenters. The molecule has 0 fully saturated rings. The van der Waals surface area contributed by atoms with Gasteiger partial charge in [0.15, 0.2) is 0 Å². The van der Waals surface area contributed by atoms with Gasteiger partial charge in [-0.25, -0.2) is 0 Å². The molecule has 0 aromatic heterocycles. The number of rotatable bonds is 6. The van der Waals surface area contributed by atoms with Crippen molar-refractivity contribution in [1.82, 2.24) is 10.6 Å². The lowest BCUT2D eigenvalue weighted by atomic mass is 10.2. The van der Waals surface area contributed by atoms with Crippen molar-refractivity contribution in [1.29, 1.82) is 5.26 Å².